The predicted molar refractivity (Wildman–Crippen MR) is 99.7 cm³/mol. The van der Waals surface area contributed by atoms with Crippen molar-refractivity contribution in [3.8, 4) is 5.75 Å². The van der Waals surface area contributed by atoms with Crippen LogP contribution in [0.1, 0.15) is 26.3 Å². The minimum absolute atomic E-state index is 0.0665. The normalized spacial score (nSPS) is 12.7. The molecule has 3 aromatic rings. The Morgan fingerprint density at radius 3 is 2.24 bits per heavy atom. The molecule has 29 heavy (non-hydrogen) atoms. The molecule has 0 saturated heterocycles. The van der Waals surface area contributed by atoms with Crippen molar-refractivity contribution >= 4 is 17.9 Å². The second-order valence-corrected chi connectivity index (χ2v) is 6.15. The van der Waals surface area contributed by atoms with Crippen LogP contribution in [-0.4, -0.2) is 44.7 Å². The predicted octanol–water partition coefficient (Wildman–Crippen LogP) is 2.15. The number of fused-ring (bicyclic) bond motifs is 1. The highest BCUT2D eigenvalue weighted by Crippen LogP contribution is 2.26. The summed E-state index contributed by atoms with van der Waals surface area (Å²) in [6.07, 6.45) is 3.23. The van der Waals surface area contributed by atoms with Crippen LogP contribution >= 0.6 is 0 Å². The lowest BCUT2D eigenvalue weighted by molar-refractivity contribution is -0.00794. The van der Waals surface area contributed by atoms with E-state index in [1.165, 1.54) is 18.7 Å². The number of rotatable bonds is 5. The van der Waals surface area contributed by atoms with Gasteiger partial charge in [-0.25, -0.2) is 14.8 Å². The van der Waals surface area contributed by atoms with Gasteiger partial charge in [0.1, 0.15) is 12.1 Å². The molecule has 146 valence electrons. The lowest BCUT2D eigenvalue weighted by Gasteiger charge is -2.28. The molecule has 3 amide bonds. The molecule has 0 saturated carbocycles. The Morgan fingerprint density at radius 2 is 1.69 bits per heavy atom. The average Bonchev–Trinajstić information content (AvgIpc) is 3.34. The van der Waals surface area contributed by atoms with Gasteiger partial charge in [0.05, 0.1) is 31.0 Å². The Morgan fingerprint density at radius 1 is 1.03 bits per heavy atom. The Bertz CT molecular complexity index is 1030. The van der Waals surface area contributed by atoms with Crippen molar-refractivity contribution in [3.63, 3.8) is 0 Å². The van der Waals surface area contributed by atoms with Crippen molar-refractivity contribution in [2.24, 2.45) is 0 Å². The van der Waals surface area contributed by atoms with E-state index in [0.29, 0.717) is 11.3 Å². The number of imide groups is 1. The lowest BCUT2D eigenvalue weighted by Crippen LogP contribution is -2.51. The quantitative estimate of drug-likeness (QED) is 0.618. The smallest absolute Gasteiger partial charge is 0.454 e. The third kappa shape index (κ3) is 3.41. The molecule has 0 unspecified atom stereocenters. The molecule has 0 N–H and O–H groups in total. The first-order valence-corrected chi connectivity index (χ1v) is 8.67. The van der Waals surface area contributed by atoms with E-state index in [-0.39, 0.29) is 17.7 Å². The van der Waals surface area contributed by atoms with Crippen molar-refractivity contribution in [3.05, 3.63) is 83.9 Å². The molecule has 9 heteroatoms. The largest absolute Gasteiger partial charge is 0.497 e. The fourth-order valence-corrected chi connectivity index (χ4v) is 2.95. The topological polar surface area (TPSA) is 94.0 Å². The number of ether oxygens (including phenoxy) is 1. The van der Waals surface area contributed by atoms with Crippen LogP contribution in [0.3, 0.4) is 0 Å². The summed E-state index contributed by atoms with van der Waals surface area (Å²) in [6.45, 7) is -0.0665. The summed E-state index contributed by atoms with van der Waals surface area (Å²) in [6, 6.07) is 13.3. The monoisotopic (exact) mass is 392 g/mol. The van der Waals surface area contributed by atoms with Crippen LogP contribution in [0.4, 0.5) is 4.79 Å². The minimum Gasteiger partial charge on any atom is -0.497 e. The van der Waals surface area contributed by atoms with Gasteiger partial charge in [0.2, 0.25) is 0 Å². The SMILES string of the molecule is COc1ccc(CN(C(=O)On2ccnc2)N2C(=O)c3ccccc3C2=O)cc1. The number of carbonyl (C=O) groups excluding carboxylic acids is 3. The number of imidazole rings is 1. The Hall–Kier alpha value is -4.14. The molecule has 2 aromatic carbocycles. The van der Waals surface area contributed by atoms with Gasteiger partial charge in [-0.1, -0.05) is 24.3 Å². The number of hydrogen-bond acceptors (Lipinski definition) is 6. The lowest BCUT2D eigenvalue weighted by atomic mass is 10.1. The summed E-state index contributed by atoms with van der Waals surface area (Å²) in [5.74, 6) is -0.551. The van der Waals surface area contributed by atoms with Crippen LogP contribution < -0.4 is 9.57 Å². The Labute approximate surface area is 165 Å². The van der Waals surface area contributed by atoms with Gasteiger partial charge in [-0.05, 0) is 29.8 Å². The zero-order valence-corrected chi connectivity index (χ0v) is 15.4. The third-order valence-electron chi connectivity index (χ3n) is 4.38. The molecular weight excluding hydrogens is 376 g/mol. The first kappa shape index (κ1) is 18.2. The van der Waals surface area contributed by atoms with Gasteiger partial charge in [-0.3, -0.25) is 9.59 Å². The van der Waals surface area contributed by atoms with Crippen molar-refractivity contribution in [1.82, 2.24) is 19.7 Å². The van der Waals surface area contributed by atoms with E-state index in [1.807, 2.05) is 0 Å². The van der Waals surface area contributed by atoms with E-state index < -0.39 is 17.9 Å². The molecule has 1 aliphatic rings. The van der Waals surface area contributed by atoms with Gasteiger partial charge >= 0.3 is 6.09 Å². The number of methoxy groups -OCH3 is 1. The molecule has 0 spiro atoms. The van der Waals surface area contributed by atoms with Gasteiger partial charge in [0, 0.05) is 6.20 Å². The van der Waals surface area contributed by atoms with Gasteiger partial charge in [0.15, 0.2) is 0 Å². The molecule has 1 aliphatic heterocycles. The number of carbonyl (C=O) groups is 3. The van der Waals surface area contributed by atoms with Crippen molar-refractivity contribution in [1.29, 1.82) is 0 Å². The average molecular weight is 392 g/mol. The summed E-state index contributed by atoms with van der Waals surface area (Å²) < 4.78 is 6.22. The highest BCUT2D eigenvalue weighted by molar-refractivity contribution is 6.21. The van der Waals surface area contributed by atoms with Gasteiger partial charge in [-0.15, -0.1) is 0 Å². The molecule has 0 bridgehead atoms. The van der Waals surface area contributed by atoms with Crippen molar-refractivity contribution < 1.29 is 24.0 Å². The van der Waals surface area contributed by atoms with Crippen molar-refractivity contribution in [2.45, 2.75) is 6.54 Å². The molecule has 0 fully saturated rings. The van der Waals surface area contributed by atoms with Crippen LogP contribution in [0, 0.1) is 0 Å². The van der Waals surface area contributed by atoms with Crippen LogP contribution in [-0.2, 0) is 6.54 Å². The van der Waals surface area contributed by atoms with Crippen molar-refractivity contribution in [2.75, 3.05) is 7.11 Å². The number of aromatic nitrogens is 2. The number of amides is 3. The first-order chi connectivity index (χ1) is 14.1. The number of hydrazine groups is 1. The van der Waals surface area contributed by atoms with Crippen LogP contribution in [0.15, 0.2) is 67.3 Å². The molecule has 2 heterocycles. The summed E-state index contributed by atoms with van der Waals surface area (Å²) in [7, 11) is 1.54. The molecular formula is C20H16N4O5. The van der Waals surface area contributed by atoms with Gasteiger partial charge < -0.3 is 9.57 Å². The molecule has 0 aliphatic carbocycles. The summed E-state index contributed by atoms with van der Waals surface area (Å²) in [4.78, 5) is 47.6. The van der Waals surface area contributed by atoms with E-state index in [9.17, 15) is 14.4 Å². The van der Waals surface area contributed by atoms with Crippen LogP contribution in [0.5, 0.6) is 5.75 Å². The second-order valence-electron chi connectivity index (χ2n) is 6.15. The molecule has 0 atom stereocenters. The fourth-order valence-electron chi connectivity index (χ4n) is 2.95. The highest BCUT2D eigenvalue weighted by Gasteiger charge is 2.42. The molecule has 9 nitrogen and oxygen atoms in total. The molecule has 0 radical (unpaired) electrons. The Balaban J connectivity index is 1.67. The van der Waals surface area contributed by atoms with E-state index in [1.54, 1.807) is 55.6 Å². The van der Waals surface area contributed by atoms with Crippen LogP contribution in [0.25, 0.3) is 0 Å². The molecule has 1 aromatic heterocycles. The first-order valence-electron chi connectivity index (χ1n) is 8.67. The number of benzene rings is 2. The second kappa shape index (κ2) is 7.47. The van der Waals surface area contributed by atoms with E-state index in [0.717, 1.165) is 14.7 Å². The third-order valence-corrected chi connectivity index (χ3v) is 4.38. The standard InChI is InChI=1S/C20H16N4O5/c1-28-15-8-6-14(7-9-15)12-23(20(27)29-22-11-10-21-13-22)24-18(25)16-4-2-3-5-17(16)19(24)26/h2-11,13H,12H2,1H3. The summed E-state index contributed by atoms with van der Waals surface area (Å²) in [5, 5.41) is 1.76. The van der Waals surface area contributed by atoms with E-state index >= 15 is 0 Å². The highest BCUT2D eigenvalue weighted by atomic mass is 16.7. The molecule has 4 rings (SSSR count). The maximum atomic E-state index is 12.9. The summed E-state index contributed by atoms with van der Waals surface area (Å²) in [5.41, 5.74) is 1.13. The maximum absolute atomic E-state index is 12.9. The zero-order chi connectivity index (χ0) is 20.4. The number of hydrogen-bond donors (Lipinski definition) is 0. The summed E-state index contributed by atoms with van der Waals surface area (Å²) >= 11 is 0. The van der Waals surface area contributed by atoms with E-state index in [4.69, 9.17) is 9.57 Å². The fraction of sp³-hybridized carbons (Fsp3) is 0.100. The van der Waals surface area contributed by atoms with Gasteiger partial charge in [-0.2, -0.15) is 9.74 Å². The maximum Gasteiger partial charge on any atom is 0.454 e. The van der Waals surface area contributed by atoms with Crippen LogP contribution in [0.2, 0.25) is 0 Å². The number of nitrogens with zero attached hydrogens (tertiary/aromatic N) is 4. The zero-order valence-electron chi connectivity index (χ0n) is 15.4. The minimum atomic E-state index is -0.909. The Kier molecular flexibility index (Phi) is 4.70. The van der Waals surface area contributed by atoms with Gasteiger partial charge in [0.25, 0.3) is 11.8 Å². The van der Waals surface area contributed by atoms with E-state index in [2.05, 4.69) is 4.98 Å².